The summed E-state index contributed by atoms with van der Waals surface area (Å²) < 4.78 is 80.5. The van der Waals surface area contributed by atoms with Gasteiger partial charge in [-0.1, -0.05) is 36.4 Å². The molecular formula is C16H13F6N3O2S. The monoisotopic (exact) mass is 425 g/mol. The van der Waals surface area contributed by atoms with Crippen molar-refractivity contribution in [1.82, 2.24) is 16.0 Å². The molecule has 0 radical (unpaired) electrons. The number of hydrogen-bond acceptors (Lipinski definition) is 3. The van der Waals surface area contributed by atoms with E-state index in [2.05, 4.69) is 0 Å². The lowest BCUT2D eigenvalue weighted by Crippen LogP contribution is -2.77. The Morgan fingerprint density at radius 3 is 1.96 bits per heavy atom. The Morgan fingerprint density at radius 2 is 1.46 bits per heavy atom. The number of amides is 3. The number of alkyl halides is 6. The minimum Gasteiger partial charge on any atom is -0.334 e. The van der Waals surface area contributed by atoms with Crippen LogP contribution in [-0.2, 0) is 6.54 Å². The first-order valence-electron chi connectivity index (χ1n) is 7.56. The lowest BCUT2D eigenvalue weighted by atomic mass is 10.1. The van der Waals surface area contributed by atoms with Crippen molar-refractivity contribution < 1.29 is 35.9 Å². The minimum atomic E-state index is -6.07. The summed E-state index contributed by atoms with van der Waals surface area (Å²) in [5.74, 6) is -1.63. The zero-order valence-corrected chi connectivity index (χ0v) is 14.6. The van der Waals surface area contributed by atoms with Crippen LogP contribution in [0.1, 0.15) is 15.2 Å². The largest absolute Gasteiger partial charge is 0.439 e. The quantitative estimate of drug-likeness (QED) is 0.504. The van der Waals surface area contributed by atoms with Gasteiger partial charge in [-0.15, -0.1) is 11.3 Å². The van der Waals surface area contributed by atoms with Gasteiger partial charge in [0.2, 0.25) is 0 Å². The van der Waals surface area contributed by atoms with Gasteiger partial charge in [-0.25, -0.2) is 4.79 Å². The van der Waals surface area contributed by atoms with Crippen molar-refractivity contribution in [2.75, 3.05) is 0 Å². The molecule has 2 aromatic rings. The topological polar surface area (TPSA) is 70.2 Å². The maximum atomic E-state index is 13.4. The molecule has 28 heavy (non-hydrogen) atoms. The van der Waals surface area contributed by atoms with Crippen LogP contribution in [0.15, 0.2) is 47.8 Å². The predicted molar refractivity (Wildman–Crippen MR) is 88.4 cm³/mol. The van der Waals surface area contributed by atoms with Crippen molar-refractivity contribution in [2.45, 2.75) is 24.6 Å². The first-order valence-corrected chi connectivity index (χ1v) is 8.43. The number of rotatable bonds is 5. The van der Waals surface area contributed by atoms with Gasteiger partial charge in [-0.2, -0.15) is 26.3 Å². The molecule has 0 bridgehead atoms. The maximum absolute atomic E-state index is 13.4. The number of nitrogens with one attached hydrogen (secondary N) is 3. The SMILES string of the molecule is O=C(NCc1ccccc1)NC(NC(=O)c1cccs1)(C(F)(F)F)C(F)(F)F. The van der Waals surface area contributed by atoms with Gasteiger partial charge < -0.3 is 10.6 Å². The summed E-state index contributed by atoms with van der Waals surface area (Å²) in [6.45, 7) is -0.322. The molecule has 1 aromatic carbocycles. The second-order valence-corrected chi connectivity index (χ2v) is 6.42. The Bertz CT molecular complexity index is 792. The second kappa shape index (κ2) is 8.09. The molecule has 0 spiro atoms. The van der Waals surface area contributed by atoms with Gasteiger partial charge in [0.05, 0.1) is 4.88 Å². The van der Waals surface area contributed by atoms with Crippen LogP contribution in [0.25, 0.3) is 0 Å². The highest BCUT2D eigenvalue weighted by Gasteiger charge is 2.73. The highest BCUT2D eigenvalue weighted by molar-refractivity contribution is 7.12. The zero-order valence-electron chi connectivity index (χ0n) is 13.8. The second-order valence-electron chi connectivity index (χ2n) is 5.47. The van der Waals surface area contributed by atoms with E-state index in [4.69, 9.17) is 0 Å². The molecule has 0 unspecified atom stereocenters. The molecule has 0 atom stereocenters. The van der Waals surface area contributed by atoms with E-state index in [1.54, 1.807) is 18.2 Å². The third-order valence-electron chi connectivity index (χ3n) is 3.49. The molecule has 152 valence electrons. The van der Waals surface area contributed by atoms with E-state index < -0.39 is 30.0 Å². The van der Waals surface area contributed by atoms with Gasteiger partial charge in [0, 0.05) is 6.54 Å². The lowest BCUT2D eigenvalue weighted by molar-refractivity contribution is -0.310. The Balaban J connectivity index is 2.26. The zero-order chi connectivity index (χ0) is 21.0. The van der Waals surface area contributed by atoms with Crippen LogP contribution in [0.2, 0.25) is 0 Å². The molecule has 5 nitrogen and oxygen atoms in total. The van der Waals surface area contributed by atoms with Crippen LogP contribution in [0, 0.1) is 0 Å². The number of carbonyl (C=O) groups excluding carboxylic acids is 2. The van der Waals surface area contributed by atoms with E-state index in [1.165, 1.54) is 23.6 Å². The summed E-state index contributed by atoms with van der Waals surface area (Å²) in [4.78, 5) is 23.3. The molecule has 1 heterocycles. The molecule has 0 aliphatic rings. The molecule has 0 saturated heterocycles. The van der Waals surface area contributed by atoms with E-state index >= 15 is 0 Å². The molecule has 3 amide bonds. The van der Waals surface area contributed by atoms with Crippen molar-refractivity contribution in [1.29, 1.82) is 0 Å². The van der Waals surface area contributed by atoms with Crippen LogP contribution in [0.4, 0.5) is 31.1 Å². The highest BCUT2D eigenvalue weighted by Crippen LogP contribution is 2.41. The third kappa shape index (κ3) is 4.74. The number of thiophene rings is 1. The van der Waals surface area contributed by atoms with Crippen LogP contribution in [0.3, 0.4) is 0 Å². The Labute approximate surface area is 158 Å². The van der Waals surface area contributed by atoms with Gasteiger partial charge in [-0.05, 0) is 17.0 Å². The fourth-order valence-corrected chi connectivity index (χ4v) is 2.73. The Hall–Kier alpha value is -2.76. The van der Waals surface area contributed by atoms with Gasteiger partial charge >= 0.3 is 24.0 Å². The molecule has 3 N–H and O–H groups in total. The molecule has 2 rings (SSSR count). The molecular weight excluding hydrogens is 412 g/mol. The number of halogens is 6. The minimum absolute atomic E-state index is 0.322. The standard InChI is InChI=1S/C16H13F6N3O2S/c17-15(18,19)14(16(20,21)22,24-12(26)11-7-4-8-28-11)25-13(27)23-9-10-5-2-1-3-6-10/h1-8H,9H2,(H,24,26)(H2,23,25,27). The van der Waals surface area contributed by atoms with Gasteiger partial charge in [-0.3, -0.25) is 10.1 Å². The first kappa shape index (κ1) is 21.5. The third-order valence-corrected chi connectivity index (χ3v) is 4.36. The number of urea groups is 1. The highest BCUT2D eigenvalue weighted by atomic mass is 32.1. The summed E-state index contributed by atoms with van der Waals surface area (Å²) in [5, 5.41) is 4.95. The van der Waals surface area contributed by atoms with Crippen LogP contribution in [-0.4, -0.2) is 30.0 Å². The van der Waals surface area contributed by atoms with Crippen LogP contribution >= 0.6 is 11.3 Å². The van der Waals surface area contributed by atoms with Crippen LogP contribution in [0.5, 0.6) is 0 Å². The van der Waals surface area contributed by atoms with Crippen molar-refractivity contribution in [3.05, 3.63) is 58.3 Å². The van der Waals surface area contributed by atoms with Crippen molar-refractivity contribution in [3.8, 4) is 0 Å². The maximum Gasteiger partial charge on any atom is 0.439 e. The Kier molecular flexibility index (Phi) is 6.22. The summed E-state index contributed by atoms with van der Waals surface area (Å²) in [6.07, 6.45) is -12.1. The number of carbonyl (C=O) groups is 2. The molecule has 0 aliphatic heterocycles. The van der Waals surface area contributed by atoms with E-state index in [0.29, 0.717) is 16.9 Å². The smallest absolute Gasteiger partial charge is 0.334 e. The van der Waals surface area contributed by atoms with E-state index in [0.717, 1.165) is 16.7 Å². The number of benzene rings is 1. The fraction of sp³-hybridized carbons (Fsp3) is 0.250. The molecule has 0 saturated carbocycles. The van der Waals surface area contributed by atoms with E-state index in [-0.39, 0.29) is 11.4 Å². The summed E-state index contributed by atoms with van der Waals surface area (Å²) >= 11 is 0.644. The normalized spacial score (nSPS) is 12.4. The fourth-order valence-electron chi connectivity index (χ4n) is 2.11. The van der Waals surface area contributed by atoms with Gasteiger partial charge in [0.1, 0.15) is 0 Å². The van der Waals surface area contributed by atoms with Gasteiger partial charge in [0.25, 0.3) is 5.91 Å². The molecule has 1 aromatic heterocycles. The molecule has 12 heteroatoms. The molecule has 0 fully saturated rings. The summed E-state index contributed by atoms with van der Waals surface area (Å²) in [6, 6.07) is 8.39. The predicted octanol–water partition coefficient (Wildman–Crippen LogP) is 3.80. The van der Waals surface area contributed by atoms with E-state index in [1.807, 2.05) is 5.32 Å². The van der Waals surface area contributed by atoms with Crippen molar-refractivity contribution in [2.24, 2.45) is 0 Å². The van der Waals surface area contributed by atoms with Gasteiger partial charge in [0.15, 0.2) is 0 Å². The first-order chi connectivity index (χ1) is 13.0. The average Bonchev–Trinajstić information content (AvgIpc) is 3.13. The number of hydrogen-bond donors (Lipinski definition) is 3. The lowest BCUT2D eigenvalue weighted by Gasteiger charge is -2.37. The van der Waals surface area contributed by atoms with Crippen molar-refractivity contribution >= 4 is 23.3 Å². The average molecular weight is 425 g/mol. The summed E-state index contributed by atoms with van der Waals surface area (Å²) in [5.41, 5.74) is -4.52. The summed E-state index contributed by atoms with van der Waals surface area (Å²) in [7, 11) is 0. The van der Waals surface area contributed by atoms with Crippen molar-refractivity contribution in [3.63, 3.8) is 0 Å². The van der Waals surface area contributed by atoms with Crippen LogP contribution < -0.4 is 16.0 Å². The van der Waals surface area contributed by atoms with E-state index in [9.17, 15) is 35.9 Å². The Morgan fingerprint density at radius 1 is 0.857 bits per heavy atom. The molecule has 0 aliphatic carbocycles.